The van der Waals surface area contributed by atoms with Crippen molar-refractivity contribution in [2.24, 2.45) is 11.8 Å². The lowest BCUT2D eigenvalue weighted by molar-refractivity contribution is -0.142. The van der Waals surface area contributed by atoms with Gasteiger partial charge >= 0.3 is 0 Å². The Bertz CT molecular complexity index is 1150. The van der Waals surface area contributed by atoms with Crippen LogP contribution in [-0.4, -0.2) is 63.0 Å². The zero-order chi connectivity index (χ0) is 26.7. The Balaban J connectivity index is 1.44. The summed E-state index contributed by atoms with van der Waals surface area (Å²) in [7, 11) is 0. The fraction of sp³-hybridized carbons (Fsp3) is 0.500. The molecule has 3 heterocycles. The Morgan fingerprint density at radius 2 is 1.74 bits per heavy atom. The van der Waals surface area contributed by atoms with Gasteiger partial charge in [0.1, 0.15) is 6.04 Å². The molecule has 1 spiro atoms. The molecule has 2 unspecified atom stereocenters. The van der Waals surface area contributed by atoms with E-state index >= 15 is 0 Å². The lowest BCUT2D eigenvalue weighted by Gasteiger charge is -2.37. The largest absolute Gasteiger partial charge is 0.394 e. The van der Waals surface area contributed by atoms with Crippen molar-refractivity contribution >= 4 is 29.5 Å². The van der Waals surface area contributed by atoms with E-state index in [-0.39, 0.29) is 29.6 Å². The van der Waals surface area contributed by atoms with Gasteiger partial charge in [0.2, 0.25) is 17.7 Å². The van der Waals surface area contributed by atoms with E-state index in [1.807, 2.05) is 60.7 Å². The molecule has 3 fully saturated rings. The quantitative estimate of drug-likeness (QED) is 0.385. The lowest BCUT2D eigenvalue weighted by Crippen LogP contribution is -2.57. The smallest absolute Gasteiger partial charge is 0.244 e. The molecule has 3 saturated heterocycles. The first-order chi connectivity index (χ1) is 18.5. The highest BCUT2D eigenvalue weighted by molar-refractivity contribution is 8.02. The Morgan fingerprint density at radius 1 is 1.05 bits per heavy atom. The zero-order valence-electron chi connectivity index (χ0n) is 21.8. The molecule has 5 rings (SSSR count). The van der Waals surface area contributed by atoms with Crippen molar-refractivity contribution in [3.63, 3.8) is 0 Å². The van der Waals surface area contributed by atoms with E-state index in [0.717, 1.165) is 30.4 Å². The van der Waals surface area contributed by atoms with Crippen molar-refractivity contribution < 1.29 is 19.5 Å². The molecule has 0 radical (unpaired) electrons. The van der Waals surface area contributed by atoms with Crippen molar-refractivity contribution in [3.05, 3.63) is 71.8 Å². The first-order valence-electron chi connectivity index (χ1n) is 13.7. The molecule has 2 bridgehead atoms. The van der Waals surface area contributed by atoms with E-state index in [2.05, 4.69) is 17.6 Å². The van der Waals surface area contributed by atoms with Crippen LogP contribution in [-0.2, 0) is 27.3 Å². The van der Waals surface area contributed by atoms with Crippen LogP contribution in [0.3, 0.4) is 0 Å². The summed E-state index contributed by atoms with van der Waals surface area (Å²) in [5.74, 6) is -1.53. The van der Waals surface area contributed by atoms with Gasteiger partial charge in [-0.2, -0.15) is 0 Å². The molecule has 2 aromatic rings. The first kappa shape index (κ1) is 26.8. The lowest BCUT2D eigenvalue weighted by atomic mass is 9.70. The van der Waals surface area contributed by atoms with E-state index < -0.39 is 28.7 Å². The van der Waals surface area contributed by atoms with Crippen molar-refractivity contribution in [2.45, 2.75) is 67.7 Å². The van der Waals surface area contributed by atoms with Gasteiger partial charge in [-0.25, -0.2) is 0 Å². The van der Waals surface area contributed by atoms with Crippen LogP contribution < -0.4 is 10.6 Å². The summed E-state index contributed by atoms with van der Waals surface area (Å²) in [4.78, 5) is 43.2. The molecule has 6 atom stereocenters. The van der Waals surface area contributed by atoms with Crippen molar-refractivity contribution in [1.29, 1.82) is 0 Å². The summed E-state index contributed by atoms with van der Waals surface area (Å²) in [6, 6.07) is 18.2. The first-order valence-corrected chi connectivity index (χ1v) is 14.6. The second-order valence-corrected chi connectivity index (χ2v) is 12.3. The summed E-state index contributed by atoms with van der Waals surface area (Å²) >= 11 is 1.66. The van der Waals surface area contributed by atoms with E-state index in [4.69, 9.17) is 0 Å². The fourth-order valence-corrected chi connectivity index (χ4v) is 8.82. The predicted molar refractivity (Wildman–Crippen MR) is 148 cm³/mol. The van der Waals surface area contributed by atoms with E-state index in [0.29, 0.717) is 25.9 Å². The second-order valence-electron chi connectivity index (χ2n) is 10.7. The van der Waals surface area contributed by atoms with Crippen LogP contribution in [0, 0.1) is 11.8 Å². The molecule has 0 aliphatic carbocycles. The van der Waals surface area contributed by atoms with Crippen LogP contribution in [0.5, 0.6) is 0 Å². The molecule has 3 N–H and O–H groups in total. The normalized spacial score (nSPS) is 28.3. The molecule has 3 aliphatic heterocycles. The van der Waals surface area contributed by atoms with Gasteiger partial charge < -0.3 is 20.6 Å². The minimum atomic E-state index is -0.709. The molecule has 7 nitrogen and oxygen atoms in total. The molecule has 38 heavy (non-hydrogen) atoms. The Labute approximate surface area is 228 Å². The number of carbonyl (C=O) groups excluding carboxylic acids is 3. The van der Waals surface area contributed by atoms with Gasteiger partial charge in [0.25, 0.3) is 0 Å². The van der Waals surface area contributed by atoms with Gasteiger partial charge in [0.15, 0.2) is 0 Å². The number of hydrogen-bond donors (Lipinski definition) is 3. The Morgan fingerprint density at radius 3 is 2.39 bits per heavy atom. The molecular formula is C30H37N3O4S. The van der Waals surface area contributed by atoms with Crippen LogP contribution in [0.4, 0.5) is 0 Å². The summed E-state index contributed by atoms with van der Waals surface area (Å²) < 4.78 is -0.656. The number of likely N-dealkylation sites (tertiary alicyclic amines) is 1. The number of rotatable bonds is 11. The van der Waals surface area contributed by atoms with Crippen LogP contribution >= 0.6 is 11.8 Å². The van der Waals surface area contributed by atoms with Gasteiger partial charge in [-0.05, 0) is 36.8 Å². The number of amides is 3. The highest BCUT2D eigenvalue weighted by Crippen LogP contribution is 2.66. The SMILES string of the molecule is CCCCNC(=O)C1N([C@@H](CO)Cc2ccccc2)C(=O)[C@@H]2[C@H](C(=O)NCc3ccccc3)[C@@H]3CCC12S3. The average molecular weight is 536 g/mol. The number of hydrogen-bond acceptors (Lipinski definition) is 5. The van der Waals surface area contributed by atoms with Crippen LogP contribution in [0.25, 0.3) is 0 Å². The number of carbonyl (C=O) groups is 3. The van der Waals surface area contributed by atoms with E-state index in [1.165, 1.54) is 0 Å². The maximum absolute atomic E-state index is 14.2. The van der Waals surface area contributed by atoms with Gasteiger partial charge in [-0.1, -0.05) is 74.0 Å². The molecule has 3 aliphatic rings. The number of aliphatic hydroxyl groups excluding tert-OH is 1. The fourth-order valence-electron chi connectivity index (χ4n) is 6.61. The van der Waals surface area contributed by atoms with Crippen LogP contribution in [0.1, 0.15) is 43.7 Å². The average Bonchev–Trinajstić information content (AvgIpc) is 3.59. The maximum Gasteiger partial charge on any atom is 0.244 e. The highest BCUT2D eigenvalue weighted by atomic mass is 32.2. The standard InChI is InChI=1S/C30H37N3O4S/c1-2-3-16-31-28(36)26-30-15-14-23(38-30)24(27(35)32-18-21-12-8-5-9-13-21)25(30)29(37)33(26)22(19-34)17-20-10-6-4-7-11-20/h4-13,22-26,34H,2-3,14-19H2,1H3,(H,31,36)(H,32,35)/t22-,23+,24-,25+,26?,30?/m1/s1. The summed E-state index contributed by atoms with van der Waals surface area (Å²) in [6.07, 6.45) is 3.77. The number of nitrogens with zero attached hydrogens (tertiary/aromatic N) is 1. The Kier molecular flexibility index (Phi) is 8.09. The number of nitrogens with one attached hydrogen (secondary N) is 2. The van der Waals surface area contributed by atoms with E-state index in [1.54, 1.807) is 16.7 Å². The zero-order valence-corrected chi connectivity index (χ0v) is 22.7. The molecular weight excluding hydrogens is 498 g/mol. The molecule has 8 heteroatoms. The molecule has 0 saturated carbocycles. The van der Waals surface area contributed by atoms with Gasteiger partial charge in [-0.3, -0.25) is 14.4 Å². The number of thioether (sulfide) groups is 1. The highest BCUT2D eigenvalue weighted by Gasteiger charge is 2.74. The molecule has 202 valence electrons. The number of unbranched alkanes of at least 4 members (excludes halogenated alkanes) is 1. The predicted octanol–water partition coefficient (Wildman–Crippen LogP) is 2.91. The summed E-state index contributed by atoms with van der Waals surface area (Å²) in [5, 5.41) is 16.6. The minimum absolute atomic E-state index is 0.00881. The van der Waals surface area contributed by atoms with Crippen molar-refractivity contribution in [3.8, 4) is 0 Å². The summed E-state index contributed by atoms with van der Waals surface area (Å²) in [5.41, 5.74) is 2.00. The monoisotopic (exact) mass is 535 g/mol. The Hall–Kier alpha value is -2.84. The molecule has 2 aromatic carbocycles. The second kappa shape index (κ2) is 11.5. The van der Waals surface area contributed by atoms with Crippen molar-refractivity contribution in [2.75, 3.05) is 13.2 Å². The van der Waals surface area contributed by atoms with E-state index in [9.17, 15) is 19.5 Å². The summed E-state index contributed by atoms with van der Waals surface area (Å²) in [6.45, 7) is 2.77. The van der Waals surface area contributed by atoms with Crippen LogP contribution in [0.15, 0.2) is 60.7 Å². The number of fused-ring (bicyclic) bond motifs is 1. The topological polar surface area (TPSA) is 98.7 Å². The van der Waals surface area contributed by atoms with Crippen LogP contribution in [0.2, 0.25) is 0 Å². The third kappa shape index (κ3) is 4.84. The third-order valence-corrected chi connectivity index (χ3v) is 10.3. The van der Waals surface area contributed by atoms with Gasteiger partial charge in [-0.15, -0.1) is 11.8 Å². The van der Waals surface area contributed by atoms with Gasteiger partial charge in [0.05, 0.1) is 29.2 Å². The maximum atomic E-state index is 14.2. The molecule has 0 aromatic heterocycles. The molecule has 3 amide bonds. The van der Waals surface area contributed by atoms with Gasteiger partial charge in [0, 0.05) is 18.3 Å². The minimum Gasteiger partial charge on any atom is -0.394 e. The number of aliphatic hydroxyl groups is 1. The third-order valence-electron chi connectivity index (χ3n) is 8.35. The van der Waals surface area contributed by atoms with Crippen molar-refractivity contribution in [1.82, 2.24) is 15.5 Å². The number of benzene rings is 2.